The van der Waals surface area contributed by atoms with Crippen molar-refractivity contribution in [2.45, 2.75) is 30.4 Å². The number of rotatable bonds is 2. The molecular weight excluding hydrogens is 290 g/mol. The number of ether oxygens (including phenoxy) is 3. The standard InChI is InChI=1S/C19H21NO3/c1-20-9-8-19-12-5-7-15(22-3)18(19)23-17-14(21-2)6-4-11(16(17)19)10-13(12)20/h4-7,13,18H,8-10H2,1-3H3/t13-,18-,19-/m0/s1. The molecule has 1 aromatic rings. The van der Waals surface area contributed by atoms with Gasteiger partial charge in [-0.2, -0.15) is 0 Å². The number of nitrogens with zero attached hydrogens (tertiary/aromatic N) is 1. The highest BCUT2D eigenvalue weighted by molar-refractivity contribution is 5.67. The number of allylic oxidation sites excluding steroid dienone is 2. The lowest BCUT2D eigenvalue weighted by atomic mass is 9.57. The molecule has 2 aliphatic carbocycles. The van der Waals surface area contributed by atoms with Gasteiger partial charge in [0.05, 0.1) is 19.6 Å². The molecule has 1 aromatic carbocycles. The van der Waals surface area contributed by atoms with Gasteiger partial charge in [0, 0.05) is 11.6 Å². The maximum Gasteiger partial charge on any atom is 0.169 e. The third kappa shape index (κ3) is 1.41. The van der Waals surface area contributed by atoms with E-state index in [-0.39, 0.29) is 11.5 Å². The van der Waals surface area contributed by atoms with Crippen molar-refractivity contribution >= 4 is 0 Å². The number of hydrogen-bond acceptors (Lipinski definition) is 4. The van der Waals surface area contributed by atoms with Crippen LogP contribution in [0.2, 0.25) is 0 Å². The molecule has 4 aliphatic rings. The summed E-state index contributed by atoms with van der Waals surface area (Å²) in [5, 5.41) is 0. The van der Waals surface area contributed by atoms with E-state index in [0.29, 0.717) is 6.04 Å². The van der Waals surface area contributed by atoms with Gasteiger partial charge in [-0.15, -0.1) is 0 Å². The smallest absolute Gasteiger partial charge is 0.169 e. The van der Waals surface area contributed by atoms with E-state index in [0.717, 1.165) is 36.6 Å². The second-order valence-corrected chi connectivity index (χ2v) is 6.95. The molecule has 0 amide bonds. The lowest BCUT2D eigenvalue weighted by Gasteiger charge is -2.52. The number of benzene rings is 1. The van der Waals surface area contributed by atoms with Gasteiger partial charge in [-0.25, -0.2) is 0 Å². The Kier molecular flexibility index (Phi) is 2.54. The van der Waals surface area contributed by atoms with Gasteiger partial charge in [0.1, 0.15) is 5.76 Å². The van der Waals surface area contributed by atoms with E-state index < -0.39 is 0 Å². The molecule has 2 bridgehead atoms. The Balaban J connectivity index is 1.84. The first-order valence-electron chi connectivity index (χ1n) is 8.24. The monoisotopic (exact) mass is 311 g/mol. The van der Waals surface area contributed by atoms with Crippen LogP contribution in [-0.4, -0.2) is 44.9 Å². The molecule has 0 unspecified atom stereocenters. The molecule has 5 rings (SSSR count). The minimum Gasteiger partial charge on any atom is -0.497 e. The number of hydrogen-bond donors (Lipinski definition) is 0. The van der Waals surface area contributed by atoms with Crippen LogP contribution >= 0.6 is 0 Å². The summed E-state index contributed by atoms with van der Waals surface area (Å²) in [6.07, 6.45) is 6.41. The average molecular weight is 311 g/mol. The molecule has 4 heteroatoms. The van der Waals surface area contributed by atoms with Gasteiger partial charge >= 0.3 is 0 Å². The summed E-state index contributed by atoms with van der Waals surface area (Å²) in [6.45, 7) is 1.08. The Morgan fingerprint density at radius 1 is 1.22 bits per heavy atom. The fraction of sp³-hybridized carbons (Fsp3) is 0.474. The maximum absolute atomic E-state index is 6.46. The number of piperidine rings is 1. The molecule has 0 aromatic heterocycles. The van der Waals surface area contributed by atoms with Crippen LogP contribution in [0.5, 0.6) is 11.5 Å². The molecule has 1 fully saturated rings. The molecule has 23 heavy (non-hydrogen) atoms. The van der Waals surface area contributed by atoms with Gasteiger partial charge < -0.3 is 14.2 Å². The quantitative estimate of drug-likeness (QED) is 0.839. The van der Waals surface area contributed by atoms with Crippen molar-refractivity contribution in [3.05, 3.63) is 46.7 Å². The molecule has 4 nitrogen and oxygen atoms in total. The zero-order valence-electron chi connectivity index (χ0n) is 13.8. The third-order valence-corrected chi connectivity index (χ3v) is 6.16. The van der Waals surface area contributed by atoms with Crippen LogP contribution < -0.4 is 9.47 Å². The van der Waals surface area contributed by atoms with Crippen LogP contribution in [0.4, 0.5) is 0 Å². The summed E-state index contributed by atoms with van der Waals surface area (Å²) in [6, 6.07) is 4.72. The van der Waals surface area contributed by atoms with Gasteiger partial charge in [0.15, 0.2) is 17.6 Å². The minimum atomic E-state index is -0.0747. The highest BCUT2D eigenvalue weighted by Gasteiger charge is 2.61. The zero-order chi connectivity index (χ0) is 15.8. The predicted molar refractivity (Wildman–Crippen MR) is 87.0 cm³/mol. The summed E-state index contributed by atoms with van der Waals surface area (Å²) in [5.74, 6) is 2.68. The molecule has 1 spiro atoms. The molecule has 0 saturated carbocycles. The summed E-state index contributed by atoms with van der Waals surface area (Å²) >= 11 is 0. The molecule has 1 saturated heterocycles. The summed E-state index contributed by atoms with van der Waals surface area (Å²) < 4.78 is 17.7. The van der Waals surface area contributed by atoms with E-state index >= 15 is 0 Å². The first-order chi connectivity index (χ1) is 11.2. The normalized spacial score (nSPS) is 33.3. The van der Waals surface area contributed by atoms with E-state index in [9.17, 15) is 0 Å². The third-order valence-electron chi connectivity index (χ3n) is 6.16. The maximum atomic E-state index is 6.46. The number of likely N-dealkylation sites (tertiary alicyclic amines) is 1. The van der Waals surface area contributed by atoms with Gasteiger partial charge in [0.25, 0.3) is 0 Å². The Morgan fingerprint density at radius 3 is 2.87 bits per heavy atom. The van der Waals surface area contributed by atoms with Crippen LogP contribution in [-0.2, 0) is 16.6 Å². The highest BCUT2D eigenvalue weighted by atomic mass is 16.6. The molecule has 0 N–H and O–H groups in total. The van der Waals surface area contributed by atoms with E-state index in [1.807, 2.05) is 6.07 Å². The van der Waals surface area contributed by atoms with Crippen molar-refractivity contribution in [1.29, 1.82) is 0 Å². The van der Waals surface area contributed by atoms with E-state index in [4.69, 9.17) is 14.2 Å². The van der Waals surface area contributed by atoms with Crippen LogP contribution in [0.3, 0.4) is 0 Å². The fourth-order valence-corrected chi connectivity index (χ4v) is 5.10. The van der Waals surface area contributed by atoms with Crippen molar-refractivity contribution in [2.24, 2.45) is 0 Å². The Hall–Kier alpha value is -1.94. The van der Waals surface area contributed by atoms with Crippen LogP contribution in [0.1, 0.15) is 17.5 Å². The molecule has 2 aliphatic heterocycles. The predicted octanol–water partition coefficient (Wildman–Crippen LogP) is 2.42. The number of methoxy groups -OCH3 is 2. The van der Waals surface area contributed by atoms with Gasteiger partial charge in [-0.3, -0.25) is 4.90 Å². The first kappa shape index (κ1) is 13.5. The minimum absolute atomic E-state index is 0.0611. The summed E-state index contributed by atoms with van der Waals surface area (Å²) in [5.41, 5.74) is 4.15. The SMILES string of the molecule is COC1=CC=C2[C@@H]3Cc4ccc(OC)c5c4[C@@]2(CCN3C)[C@H]1O5. The van der Waals surface area contributed by atoms with Gasteiger partial charge in [-0.1, -0.05) is 12.1 Å². The van der Waals surface area contributed by atoms with E-state index in [2.05, 4.69) is 30.2 Å². The summed E-state index contributed by atoms with van der Waals surface area (Å²) in [7, 11) is 5.68. The Labute approximate surface area is 136 Å². The zero-order valence-corrected chi connectivity index (χ0v) is 13.8. The van der Waals surface area contributed by atoms with E-state index in [1.165, 1.54) is 16.7 Å². The molecular formula is C19H21NO3. The van der Waals surface area contributed by atoms with Crippen LogP contribution in [0.15, 0.2) is 35.6 Å². The van der Waals surface area contributed by atoms with Crippen molar-refractivity contribution < 1.29 is 14.2 Å². The molecule has 2 heterocycles. The van der Waals surface area contributed by atoms with Gasteiger partial charge in [-0.05, 0) is 49.7 Å². The Bertz CT molecular complexity index is 766. The lowest BCUT2D eigenvalue weighted by Crippen LogP contribution is -2.58. The topological polar surface area (TPSA) is 30.9 Å². The van der Waals surface area contributed by atoms with Crippen LogP contribution in [0, 0.1) is 0 Å². The Morgan fingerprint density at radius 2 is 2.09 bits per heavy atom. The van der Waals surface area contributed by atoms with Crippen LogP contribution in [0.25, 0.3) is 0 Å². The molecule has 120 valence electrons. The van der Waals surface area contributed by atoms with Crippen molar-refractivity contribution in [3.8, 4) is 11.5 Å². The second-order valence-electron chi connectivity index (χ2n) is 6.95. The molecule has 3 atom stereocenters. The first-order valence-corrected chi connectivity index (χ1v) is 8.24. The molecule has 0 radical (unpaired) electrons. The lowest BCUT2D eigenvalue weighted by molar-refractivity contribution is 0.0734. The van der Waals surface area contributed by atoms with Crippen molar-refractivity contribution in [1.82, 2.24) is 4.90 Å². The second kappa shape index (κ2) is 4.32. The van der Waals surface area contributed by atoms with Crippen molar-refractivity contribution in [2.75, 3.05) is 27.8 Å². The van der Waals surface area contributed by atoms with Gasteiger partial charge in [0.2, 0.25) is 0 Å². The highest BCUT2D eigenvalue weighted by Crippen LogP contribution is 2.62. The fourth-order valence-electron chi connectivity index (χ4n) is 5.10. The van der Waals surface area contributed by atoms with Crippen molar-refractivity contribution in [3.63, 3.8) is 0 Å². The van der Waals surface area contributed by atoms with E-state index in [1.54, 1.807) is 14.2 Å². The largest absolute Gasteiger partial charge is 0.497 e. The number of likely N-dealkylation sites (N-methyl/N-ethyl adjacent to an activating group) is 1. The average Bonchev–Trinajstić information content (AvgIpc) is 2.92. The summed E-state index contributed by atoms with van der Waals surface area (Å²) in [4.78, 5) is 2.48.